The summed E-state index contributed by atoms with van der Waals surface area (Å²) in [6.45, 7) is 3.91. The largest absolute Gasteiger partial charge is 0.495 e. The molecule has 3 aromatic rings. The van der Waals surface area contributed by atoms with Crippen LogP contribution in [0.3, 0.4) is 0 Å². The summed E-state index contributed by atoms with van der Waals surface area (Å²) < 4.78 is 5.41. The van der Waals surface area contributed by atoms with Gasteiger partial charge in [0, 0.05) is 0 Å². The number of imide groups is 1. The lowest BCUT2D eigenvalue weighted by atomic mass is 9.97. The molecule has 1 heterocycles. The molecule has 0 fully saturated rings. The van der Waals surface area contributed by atoms with Gasteiger partial charge in [-0.25, -0.2) is 4.90 Å². The third kappa shape index (κ3) is 3.68. The van der Waals surface area contributed by atoms with E-state index in [-0.39, 0.29) is 5.70 Å². The molecule has 0 unspecified atom stereocenters. The van der Waals surface area contributed by atoms with Crippen LogP contribution in [0.2, 0.25) is 5.02 Å². The number of para-hydroxylation sites is 3. The molecule has 31 heavy (non-hydrogen) atoms. The van der Waals surface area contributed by atoms with Gasteiger partial charge < -0.3 is 10.1 Å². The predicted octanol–water partition coefficient (Wildman–Crippen LogP) is 5.36. The van der Waals surface area contributed by atoms with Crippen LogP contribution in [0.4, 0.5) is 11.4 Å². The Kier molecular flexibility index (Phi) is 5.53. The van der Waals surface area contributed by atoms with Gasteiger partial charge in [0.05, 0.1) is 29.1 Å². The summed E-state index contributed by atoms with van der Waals surface area (Å²) in [5.41, 5.74) is 4.07. The SMILES string of the molecule is COc1ccccc1NC1=C(c2ccc(C)cc2C)C(=O)N(c2ccccc2Cl)C1=O. The molecular weight excluding hydrogens is 412 g/mol. The van der Waals surface area contributed by atoms with Crippen molar-refractivity contribution in [2.24, 2.45) is 0 Å². The highest BCUT2D eigenvalue weighted by atomic mass is 35.5. The van der Waals surface area contributed by atoms with Gasteiger partial charge in [0.25, 0.3) is 11.8 Å². The van der Waals surface area contributed by atoms with E-state index < -0.39 is 11.8 Å². The van der Waals surface area contributed by atoms with Gasteiger partial charge in [-0.2, -0.15) is 0 Å². The van der Waals surface area contributed by atoms with E-state index in [2.05, 4.69) is 5.32 Å². The minimum absolute atomic E-state index is 0.182. The summed E-state index contributed by atoms with van der Waals surface area (Å²) in [6.07, 6.45) is 0. The Labute approximate surface area is 185 Å². The summed E-state index contributed by atoms with van der Waals surface area (Å²) in [5, 5.41) is 3.47. The van der Waals surface area contributed by atoms with E-state index in [9.17, 15) is 9.59 Å². The van der Waals surface area contributed by atoms with Crippen molar-refractivity contribution < 1.29 is 14.3 Å². The molecule has 0 aromatic heterocycles. The maximum atomic E-state index is 13.6. The standard InChI is InChI=1S/C25H21ClN2O3/c1-15-12-13-17(16(2)14-15)22-23(27-19-9-5-7-11-21(19)31-3)25(30)28(24(22)29)20-10-6-4-8-18(20)26/h4-14,27H,1-3H3. The van der Waals surface area contributed by atoms with Gasteiger partial charge in [0.1, 0.15) is 11.4 Å². The summed E-state index contributed by atoms with van der Waals surface area (Å²) in [4.78, 5) is 28.2. The second-order valence-electron chi connectivity index (χ2n) is 7.29. The zero-order valence-electron chi connectivity index (χ0n) is 17.4. The van der Waals surface area contributed by atoms with Crippen LogP contribution in [0.25, 0.3) is 5.57 Å². The number of halogens is 1. The number of nitrogens with one attached hydrogen (secondary N) is 1. The number of amides is 2. The fourth-order valence-electron chi connectivity index (χ4n) is 3.72. The van der Waals surface area contributed by atoms with Gasteiger partial charge in [0.15, 0.2) is 0 Å². The number of hydrogen-bond donors (Lipinski definition) is 1. The Morgan fingerprint density at radius 1 is 0.903 bits per heavy atom. The molecule has 0 aliphatic carbocycles. The number of aryl methyl sites for hydroxylation is 2. The van der Waals surface area contributed by atoms with Gasteiger partial charge in [-0.1, -0.05) is 59.6 Å². The van der Waals surface area contributed by atoms with Crippen molar-refractivity contribution >= 4 is 40.4 Å². The predicted molar refractivity (Wildman–Crippen MR) is 123 cm³/mol. The topological polar surface area (TPSA) is 58.6 Å². The molecule has 0 atom stereocenters. The number of methoxy groups -OCH3 is 1. The molecule has 2 amide bonds. The molecule has 1 N–H and O–H groups in total. The van der Waals surface area contributed by atoms with Gasteiger partial charge in [-0.05, 0) is 49.2 Å². The summed E-state index contributed by atoms with van der Waals surface area (Å²) in [5.74, 6) is -0.340. The van der Waals surface area contributed by atoms with E-state index in [1.54, 1.807) is 43.5 Å². The number of rotatable bonds is 5. The molecule has 0 saturated heterocycles. The molecule has 156 valence electrons. The van der Waals surface area contributed by atoms with Crippen molar-refractivity contribution in [3.8, 4) is 5.75 Å². The fourth-order valence-corrected chi connectivity index (χ4v) is 3.94. The molecule has 3 aromatic carbocycles. The van der Waals surface area contributed by atoms with E-state index in [1.165, 1.54) is 0 Å². The average molecular weight is 433 g/mol. The maximum absolute atomic E-state index is 13.6. The van der Waals surface area contributed by atoms with Gasteiger partial charge in [0.2, 0.25) is 0 Å². The average Bonchev–Trinajstić information content (AvgIpc) is 2.99. The number of ether oxygens (including phenoxy) is 1. The molecule has 0 radical (unpaired) electrons. The fraction of sp³-hybridized carbons (Fsp3) is 0.120. The van der Waals surface area contributed by atoms with Crippen molar-refractivity contribution in [1.29, 1.82) is 0 Å². The van der Waals surface area contributed by atoms with Crippen LogP contribution in [0.15, 0.2) is 72.4 Å². The number of carbonyl (C=O) groups is 2. The molecule has 4 rings (SSSR count). The van der Waals surface area contributed by atoms with Crippen molar-refractivity contribution in [2.45, 2.75) is 13.8 Å². The Hall–Kier alpha value is -3.57. The first-order chi connectivity index (χ1) is 14.9. The zero-order valence-corrected chi connectivity index (χ0v) is 18.2. The summed E-state index contributed by atoms with van der Waals surface area (Å²) >= 11 is 6.33. The lowest BCUT2D eigenvalue weighted by molar-refractivity contribution is -0.120. The van der Waals surface area contributed by atoms with Gasteiger partial charge >= 0.3 is 0 Å². The van der Waals surface area contributed by atoms with Gasteiger partial charge in [-0.3, -0.25) is 9.59 Å². The molecular formula is C25H21ClN2O3. The molecule has 1 aliphatic rings. The van der Waals surface area contributed by atoms with Crippen LogP contribution in [0, 0.1) is 13.8 Å². The first-order valence-corrected chi connectivity index (χ1v) is 10.2. The van der Waals surface area contributed by atoms with Crippen LogP contribution < -0.4 is 15.0 Å². The first kappa shape index (κ1) is 20.7. The number of carbonyl (C=O) groups excluding carboxylic acids is 2. The number of hydrogen-bond acceptors (Lipinski definition) is 4. The second kappa shape index (κ2) is 8.28. The van der Waals surface area contributed by atoms with Crippen molar-refractivity contribution in [3.05, 3.63) is 94.1 Å². The highest BCUT2D eigenvalue weighted by molar-refractivity contribution is 6.48. The first-order valence-electron chi connectivity index (χ1n) is 9.77. The van der Waals surface area contributed by atoms with E-state index in [0.29, 0.717) is 33.3 Å². The lowest BCUT2D eigenvalue weighted by Crippen LogP contribution is -2.32. The lowest BCUT2D eigenvalue weighted by Gasteiger charge is -2.17. The molecule has 0 bridgehead atoms. The number of nitrogens with zero attached hydrogens (tertiary/aromatic N) is 1. The van der Waals surface area contributed by atoms with E-state index in [1.807, 2.05) is 44.2 Å². The van der Waals surface area contributed by atoms with Crippen molar-refractivity contribution in [1.82, 2.24) is 0 Å². The van der Waals surface area contributed by atoms with Crippen LogP contribution in [0.1, 0.15) is 16.7 Å². The maximum Gasteiger partial charge on any atom is 0.282 e. The number of benzene rings is 3. The Morgan fingerprint density at radius 2 is 1.61 bits per heavy atom. The van der Waals surface area contributed by atoms with Crippen LogP contribution >= 0.6 is 11.6 Å². The molecule has 6 heteroatoms. The third-order valence-corrected chi connectivity index (χ3v) is 5.51. The molecule has 1 aliphatic heterocycles. The summed E-state index contributed by atoms with van der Waals surface area (Å²) in [7, 11) is 1.55. The van der Waals surface area contributed by atoms with Crippen molar-refractivity contribution in [2.75, 3.05) is 17.3 Å². The smallest absolute Gasteiger partial charge is 0.282 e. The van der Waals surface area contributed by atoms with Crippen molar-refractivity contribution in [3.63, 3.8) is 0 Å². The Bertz CT molecular complexity index is 1230. The monoisotopic (exact) mass is 432 g/mol. The zero-order chi connectivity index (χ0) is 22.1. The minimum Gasteiger partial charge on any atom is -0.495 e. The normalized spacial score (nSPS) is 13.7. The van der Waals surface area contributed by atoms with E-state index in [0.717, 1.165) is 16.0 Å². The third-order valence-electron chi connectivity index (χ3n) is 5.20. The molecule has 0 spiro atoms. The van der Waals surface area contributed by atoms with Crippen LogP contribution in [-0.4, -0.2) is 18.9 Å². The Balaban J connectivity index is 1.90. The number of anilines is 2. The van der Waals surface area contributed by atoms with E-state index >= 15 is 0 Å². The van der Waals surface area contributed by atoms with Gasteiger partial charge in [-0.15, -0.1) is 0 Å². The second-order valence-corrected chi connectivity index (χ2v) is 7.70. The highest BCUT2D eigenvalue weighted by Gasteiger charge is 2.41. The molecule has 0 saturated carbocycles. The summed E-state index contributed by atoms with van der Waals surface area (Å²) in [6, 6.07) is 19.8. The van der Waals surface area contributed by atoms with Crippen LogP contribution in [0.5, 0.6) is 5.75 Å². The van der Waals surface area contributed by atoms with Crippen LogP contribution in [-0.2, 0) is 9.59 Å². The quantitative estimate of drug-likeness (QED) is 0.551. The minimum atomic E-state index is -0.473. The highest BCUT2D eigenvalue weighted by Crippen LogP contribution is 2.38. The van der Waals surface area contributed by atoms with E-state index in [4.69, 9.17) is 16.3 Å². The Morgan fingerprint density at radius 3 is 2.32 bits per heavy atom. The molecule has 5 nitrogen and oxygen atoms in total.